The molecular formula is C8H7N3O5. The fourth-order valence-corrected chi connectivity index (χ4v) is 1.11. The first-order chi connectivity index (χ1) is 7.47. The normalized spacial score (nSPS) is 9.56. The summed E-state index contributed by atoms with van der Waals surface area (Å²) in [5, 5.41) is 18.8. The van der Waals surface area contributed by atoms with Crippen molar-refractivity contribution < 1.29 is 19.7 Å². The first-order valence-electron chi connectivity index (χ1n) is 4.00. The van der Waals surface area contributed by atoms with Crippen LogP contribution >= 0.6 is 0 Å². The average Bonchev–Trinajstić information content (AvgIpc) is 2.26. The van der Waals surface area contributed by atoms with Crippen molar-refractivity contribution in [2.45, 2.75) is 0 Å². The van der Waals surface area contributed by atoms with Crippen molar-refractivity contribution in [3.05, 3.63) is 39.4 Å². The second-order valence-electron chi connectivity index (χ2n) is 2.79. The van der Waals surface area contributed by atoms with Crippen LogP contribution in [0.5, 0.6) is 0 Å². The van der Waals surface area contributed by atoms with Gasteiger partial charge in [0, 0.05) is 12.1 Å². The number of carbonyl (C=O) groups excluding carboxylic acids is 2. The minimum atomic E-state index is -0.998. The van der Waals surface area contributed by atoms with Crippen LogP contribution in [0.3, 0.4) is 0 Å². The molecule has 0 fully saturated rings. The maximum absolute atomic E-state index is 11.1. The number of benzene rings is 1. The van der Waals surface area contributed by atoms with Gasteiger partial charge < -0.3 is 5.73 Å². The molecule has 1 rings (SSSR count). The topological polar surface area (TPSA) is 136 Å². The quantitative estimate of drug-likeness (QED) is 0.372. The summed E-state index contributed by atoms with van der Waals surface area (Å²) in [5.41, 5.74) is 5.32. The third kappa shape index (κ3) is 2.12. The molecule has 0 atom stereocenters. The van der Waals surface area contributed by atoms with Crippen molar-refractivity contribution in [1.29, 1.82) is 0 Å². The third-order valence-corrected chi connectivity index (χ3v) is 1.83. The third-order valence-electron chi connectivity index (χ3n) is 1.83. The van der Waals surface area contributed by atoms with E-state index in [0.717, 1.165) is 18.2 Å². The number of carbonyl (C=O) groups is 2. The van der Waals surface area contributed by atoms with E-state index in [9.17, 15) is 19.7 Å². The molecule has 84 valence electrons. The lowest BCUT2D eigenvalue weighted by atomic mass is 10.1. The summed E-state index contributed by atoms with van der Waals surface area (Å²) in [6, 6.07) is 2.92. The van der Waals surface area contributed by atoms with Crippen LogP contribution in [-0.4, -0.2) is 21.9 Å². The Morgan fingerprint density at radius 3 is 2.44 bits per heavy atom. The molecule has 0 radical (unpaired) electrons. The van der Waals surface area contributed by atoms with E-state index >= 15 is 0 Å². The van der Waals surface area contributed by atoms with E-state index in [2.05, 4.69) is 0 Å². The summed E-state index contributed by atoms with van der Waals surface area (Å²) in [6.07, 6.45) is 0. The van der Waals surface area contributed by atoms with Gasteiger partial charge in [-0.25, -0.2) is 5.48 Å². The second kappa shape index (κ2) is 4.36. The maximum atomic E-state index is 11.1. The molecule has 0 aromatic heterocycles. The number of nitrogens with zero attached hydrogens (tertiary/aromatic N) is 1. The molecule has 1 aromatic rings. The number of rotatable bonds is 3. The van der Waals surface area contributed by atoms with Gasteiger partial charge in [-0.1, -0.05) is 0 Å². The molecule has 0 heterocycles. The zero-order valence-electron chi connectivity index (χ0n) is 7.84. The van der Waals surface area contributed by atoms with Crippen molar-refractivity contribution in [2.75, 3.05) is 0 Å². The van der Waals surface area contributed by atoms with Crippen LogP contribution in [0.1, 0.15) is 20.7 Å². The van der Waals surface area contributed by atoms with Crippen molar-refractivity contribution in [3.63, 3.8) is 0 Å². The summed E-state index contributed by atoms with van der Waals surface area (Å²) in [7, 11) is 0. The van der Waals surface area contributed by atoms with Gasteiger partial charge in [-0.3, -0.25) is 24.9 Å². The number of hydrogen-bond donors (Lipinski definition) is 3. The molecule has 0 spiro atoms. The van der Waals surface area contributed by atoms with Crippen molar-refractivity contribution in [1.82, 2.24) is 5.48 Å². The molecule has 0 aliphatic carbocycles. The number of nitrogens with two attached hydrogens (primary N) is 1. The smallest absolute Gasteiger partial charge is 0.275 e. The summed E-state index contributed by atoms with van der Waals surface area (Å²) in [6.45, 7) is 0. The molecule has 0 bridgehead atoms. The van der Waals surface area contributed by atoms with Gasteiger partial charge in [0.25, 0.3) is 11.6 Å². The summed E-state index contributed by atoms with van der Waals surface area (Å²) in [4.78, 5) is 31.7. The van der Waals surface area contributed by atoms with E-state index in [0.29, 0.717) is 0 Å². The molecule has 4 N–H and O–H groups in total. The van der Waals surface area contributed by atoms with Crippen LogP contribution in [0, 0.1) is 10.1 Å². The Hall–Kier alpha value is -2.48. The number of hydroxylamine groups is 1. The molecule has 1 aromatic carbocycles. The summed E-state index contributed by atoms with van der Waals surface area (Å²) in [5.74, 6) is -1.97. The number of hydrogen-bond acceptors (Lipinski definition) is 5. The van der Waals surface area contributed by atoms with Crippen molar-refractivity contribution >= 4 is 17.5 Å². The highest BCUT2D eigenvalue weighted by atomic mass is 16.6. The molecule has 0 aliphatic heterocycles. The van der Waals surface area contributed by atoms with Crippen LogP contribution in [-0.2, 0) is 0 Å². The van der Waals surface area contributed by atoms with Gasteiger partial charge in [-0.15, -0.1) is 0 Å². The predicted molar refractivity (Wildman–Crippen MR) is 50.9 cm³/mol. The first-order valence-corrected chi connectivity index (χ1v) is 4.00. The number of nitro benzene ring substituents is 1. The lowest BCUT2D eigenvalue weighted by Gasteiger charge is -2.03. The van der Waals surface area contributed by atoms with Gasteiger partial charge in [-0.2, -0.15) is 0 Å². The minimum absolute atomic E-state index is 0.236. The molecule has 8 heteroatoms. The maximum Gasteiger partial charge on any atom is 0.275 e. The molecule has 0 saturated heterocycles. The highest BCUT2D eigenvalue weighted by Gasteiger charge is 2.18. The number of nitro groups is 1. The molecule has 0 saturated carbocycles. The van der Waals surface area contributed by atoms with Crippen LogP contribution < -0.4 is 11.2 Å². The predicted octanol–water partition coefficient (Wildman–Crippen LogP) is -0.187. The number of non-ortho nitro benzene ring substituents is 1. The first kappa shape index (κ1) is 11.6. The standard InChI is InChI=1S/C8H7N3O5/c9-7(12)6-3-4(11(15)16)1-2-5(6)8(13)10-14/h1-3,14H,(H2,9,12)(H,10,13). The fraction of sp³-hybridized carbons (Fsp3) is 0. The van der Waals surface area contributed by atoms with E-state index < -0.39 is 16.7 Å². The lowest BCUT2D eigenvalue weighted by molar-refractivity contribution is -0.384. The van der Waals surface area contributed by atoms with Gasteiger partial charge in [-0.05, 0) is 6.07 Å². The highest BCUT2D eigenvalue weighted by Crippen LogP contribution is 2.17. The Bertz CT molecular complexity index is 471. The number of nitrogens with one attached hydrogen (secondary N) is 1. The van der Waals surface area contributed by atoms with Gasteiger partial charge in [0.15, 0.2) is 0 Å². The SMILES string of the molecule is NC(=O)c1cc([N+](=O)[O-])ccc1C(=O)NO. The zero-order chi connectivity index (χ0) is 12.3. The van der Waals surface area contributed by atoms with Gasteiger partial charge in [0.05, 0.1) is 16.1 Å². The Labute approximate surface area is 88.8 Å². The highest BCUT2D eigenvalue weighted by molar-refractivity contribution is 6.06. The van der Waals surface area contributed by atoms with E-state index in [1.165, 1.54) is 5.48 Å². The van der Waals surface area contributed by atoms with E-state index in [1.54, 1.807) is 0 Å². The molecule has 8 nitrogen and oxygen atoms in total. The Kier molecular flexibility index (Phi) is 3.16. The van der Waals surface area contributed by atoms with Gasteiger partial charge >= 0.3 is 0 Å². The lowest BCUT2D eigenvalue weighted by Crippen LogP contribution is -2.24. The summed E-state index contributed by atoms with van der Waals surface area (Å²) < 4.78 is 0. The fourth-order valence-electron chi connectivity index (χ4n) is 1.11. The number of amides is 2. The van der Waals surface area contributed by atoms with Crippen LogP contribution in [0.2, 0.25) is 0 Å². The van der Waals surface area contributed by atoms with Crippen LogP contribution in [0.15, 0.2) is 18.2 Å². The van der Waals surface area contributed by atoms with E-state index in [-0.39, 0.29) is 16.8 Å². The van der Waals surface area contributed by atoms with E-state index in [1.807, 2.05) is 0 Å². The average molecular weight is 225 g/mol. The van der Waals surface area contributed by atoms with Crippen molar-refractivity contribution in [3.8, 4) is 0 Å². The van der Waals surface area contributed by atoms with Gasteiger partial charge in [0.1, 0.15) is 0 Å². The van der Waals surface area contributed by atoms with E-state index in [4.69, 9.17) is 10.9 Å². The molecular weight excluding hydrogens is 218 g/mol. The second-order valence-corrected chi connectivity index (χ2v) is 2.79. The van der Waals surface area contributed by atoms with Gasteiger partial charge in [0.2, 0.25) is 5.91 Å². The zero-order valence-corrected chi connectivity index (χ0v) is 7.84. The van der Waals surface area contributed by atoms with Crippen LogP contribution in [0.4, 0.5) is 5.69 Å². The Morgan fingerprint density at radius 1 is 1.38 bits per heavy atom. The summed E-state index contributed by atoms with van der Waals surface area (Å²) >= 11 is 0. The molecule has 16 heavy (non-hydrogen) atoms. The molecule has 0 aliphatic rings. The Balaban J connectivity index is 3.36. The minimum Gasteiger partial charge on any atom is -0.366 e. The van der Waals surface area contributed by atoms with Crippen molar-refractivity contribution in [2.24, 2.45) is 5.73 Å². The molecule has 2 amide bonds. The van der Waals surface area contributed by atoms with Crippen LogP contribution in [0.25, 0.3) is 0 Å². The molecule has 0 unspecified atom stereocenters. The largest absolute Gasteiger partial charge is 0.366 e. The monoisotopic (exact) mass is 225 g/mol. The Morgan fingerprint density at radius 2 is 2.00 bits per heavy atom. The number of primary amides is 1.